The lowest BCUT2D eigenvalue weighted by atomic mass is 10.2. The average Bonchev–Trinajstić information content (AvgIpc) is 3.34. The van der Waals surface area contributed by atoms with Gasteiger partial charge in [0.15, 0.2) is 5.65 Å². The summed E-state index contributed by atoms with van der Waals surface area (Å²) in [6.07, 6.45) is 3.33. The SMILES string of the molecule is Clc1ccc(-c2ccc(CN3CCN(n4nc(Br)c5cncnc54)CC3)o2)cc1. The van der Waals surface area contributed by atoms with Gasteiger partial charge in [-0.05, 0) is 52.3 Å². The summed E-state index contributed by atoms with van der Waals surface area (Å²) in [7, 11) is 0. The van der Waals surface area contributed by atoms with Crippen molar-refractivity contribution in [1.29, 1.82) is 0 Å². The van der Waals surface area contributed by atoms with Crippen molar-refractivity contribution in [1.82, 2.24) is 24.8 Å². The van der Waals surface area contributed by atoms with E-state index in [0.29, 0.717) is 0 Å². The molecule has 0 N–H and O–H groups in total. The minimum absolute atomic E-state index is 0.724. The summed E-state index contributed by atoms with van der Waals surface area (Å²) in [5, 5.41) is 8.42. The van der Waals surface area contributed by atoms with Gasteiger partial charge in [-0.1, -0.05) is 11.6 Å². The molecular weight excluding hydrogens is 456 g/mol. The number of nitrogens with zero attached hydrogens (tertiary/aromatic N) is 6. The van der Waals surface area contributed by atoms with Crippen LogP contribution in [0.4, 0.5) is 0 Å². The van der Waals surface area contributed by atoms with Crippen LogP contribution in [0.15, 0.2) is 57.9 Å². The van der Waals surface area contributed by atoms with Crippen molar-refractivity contribution in [3.8, 4) is 11.3 Å². The van der Waals surface area contributed by atoms with Crippen LogP contribution in [0.25, 0.3) is 22.4 Å². The molecule has 1 aromatic carbocycles. The average molecular weight is 474 g/mol. The Balaban J connectivity index is 1.24. The van der Waals surface area contributed by atoms with E-state index in [1.807, 2.05) is 41.2 Å². The predicted octanol–water partition coefficient (Wildman–Crippen LogP) is 3.96. The first kappa shape index (κ1) is 18.6. The van der Waals surface area contributed by atoms with Crippen molar-refractivity contribution in [2.24, 2.45) is 0 Å². The fourth-order valence-corrected chi connectivity index (χ4v) is 4.10. The van der Waals surface area contributed by atoms with Gasteiger partial charge in [-0.3, -0.25) is 9.91 Å². The Hall–Kier alpha value is -2.42. The predicted molar refractivity (Wildman–Crippen MR) is 115 cm³/mol. The third-order valence-electron chi connectivity index (χ3n) is 5.07. The topological polar surface area (TPSA) is 63.2 Å². The lowest BCUT2D eigenvalue weighted by Crippen LogP contribution is -2.51. The van der Waals surface area contributed by atoms with Crippen LogP contribution < -0.4 is 5.01 Å². The van der Waals surface area contributed by atoms with E-state index in [0.717, 1.165) is 70.5 Å². The Kier molecular flexibility index (Phi) is 4.99. The molecule has 1 fully saturated rings. The van der Waals surface area contributed by atoms with Crippen LogP contribution in [0.2, 0.25) is 5.02 Å². The number of aromatic nitrogens is 4. The van der Waals surface area contributed by atoms with Crippen molar-refractivity contribution in [3.05, 3.63) is 64.3 Å². The second-order valence-corrected chi connectivity index (χ2v) is 8.13. The smallest absolute Gasteiger partial charge is 0.185 e. The minimum atomic E-state index is 0.724. The van der Waals surface area contributed by atoms with Crippen LogP contribution >= 0.6 is 27.5 Å². The maximum Gasteiger partial charge on any atom is 0.185 e. The fourth-order valence-electron chi connectivity index (χ4n) is 3.55. The maximum absolute atomic E-state index is 6.05. The zero-order valence-corrected chi connectivity index (χ0v) is 17.8. The van der Waals surface area contributed by atoms with E-state index in [-0.39, 0.29) is 0 Å². The van der Waals surface area contributed by atoms with E-state index in [1.54, 1.807) is 12.5 Å². The Bertz CT molecular complexity index is 1130. The number of halogens is 2. The molecule has 0 amide bonds. The zero-order chi connectivity index (χ0) is 19.8. The Labute approximate surface area is 181 Å². The Morgan fingerprint density at radius 3 is 2.62 bits per heavy atom. The van der Waals surface area contributed by atoms with Crippen LogP contribution in [0, 0.1) is 0 Å². The van der Waals surface area contributed by atoms with E-state index in [4.69, 9.17) is 16.0 Å². The van der Waals surface area contributed by atoms with Crippen molar-refractivity contribution >= 4 is 38.6 Å². The molecule has 0 saturated carbocycles. The molecule has 0 spiro atoms. The summed E-state index contributed by atoms with van der Waals surface area (Å²) < 4.78 is 6.81. The van der Waals surface area contributed by atoms with Gasteiger partial charge >= 0.3 is 0 Å². The van der Waals surface area contributed by atoms with Crippen molar-refractivity contribution < 1.29 is 4.42 Å². The molecule has 9 heteroatoms. The number of hydrogen-bond donors (Lipinski definition) is 0. The van der Waals surface area contributed by atoms with E-state index >= 15 is 0 Å². The van der Waals surface area contributed by atoms with Gasteiger partial charge in [0.25, 0.3) is 0 Å². The molecule has 0 bridgehead atoms. The van der Waals surface area contributed by atoms with Gasteiger partial charge in [0.1, 0.15) is 22.5 Å². The molecule has 3 aromatic heterocycles. The molecule has 1 saturated heterocycles. The number of fused-ring (bicyclic) bond motifs is 1. The highest BCUT2D eigenvalue weighted by Gasteiger charge is 2.22. The van der Waals surface area contributed by atoms with E-state index in [1.165, 1.54) is 0 Å². The zero-order valence-electron chi connectivity index (χ0n) is 15.5. The molecule has 7 nitrogen and oxygen atoms in total. The Morgan fingerprint density at radius 1 is 1.03 bits per heavy atom. The molecule has 5 rings (SSSR count). The summed E-state index contributed by atoms with van der Waals surface area (Å²) in [4.78, 5) is 12.7. The Morgan fingerprint density at radius 2 is 1.83 bits per heavy atom. The molecule has 4 heterocycles. The molecule has 29 heavy (non-hydrogen) atoms. The molecule has 0 radical (unpaired) electrons. The molecule has 1 aliphatic rings. The van der Waals surface area contributed by atoms with Gasteiger partial charge in [0.05, 0.1) is 11.9 Å². The summed E-state index contributed by atoms with van der Waals surface area (Å²) in [5.41, 5.74) is 1.85. The standard InChI is InChI=1S/C20H18BrClN6O/c21-19-17-11-23-13-24-20(17)28(25-19)27-9-7-26(8-10-27)12-16-5-6-18(29-16)14-1-3-15(22)4-2-14/h1-6,11,13H,7-10,12H2. The van der Waals surface area contributed by atoms with Crippen LogP contribution in [0.5, 0.6) is 0 Å². The molecule has 0 unspecified atom stereocenters. The van der Waals surface area contributed by atoms with Crippen LogP contribution in [0.3, 0.4) is 0 Å². The van der Waals surface area contributed by atoms with Crippen LogP contribution in [-0.2, 0) is 6.54 Å². The minimum Gasteiger partial charge on any atom is -0.460 e. The molecule has 0 atom stereocenters. The largest absolute Gasteiger partial charge is 0.460 e. The second-order valence-electron chi connectivity index (χ2n) is 6.94. The van der Waals surface area contributed by atoms with Gasteiger partial charge in [-0.2, -0.15) is 4.79 Å². The van der Waals surface area contributed by atoms with E-state index in [2.05, 4.69) is 40.9 Å². The molecule has 0 aliphatic carbocycles. The number of piperazine rings is 1. The number of hydrogen-bond acceptors (Lipinski definition) is 6. The summed E-state index contributed by atoms with van der Waals surface area (Å²) >= 11 is 9.46. The lowest BCUT2D eigenvalue weighted by Gasteiger charge is -2.35. The number of furan rings is 1. The highest BCUT2D eigenvalue weighted by molar-refractivity contribution is 9.10. The third-order valence-corrected chi connectivity index (χ3v) is 5.91. The summed E-state index contributed by atoms with van der Waals surface area (Å²) in [6, 6.07) is 11.8. The quantitative estimate of drug-likeness (QED) is 0.447. The summed E-state index contributed by atoms with van der Waals surface area (Å²) in [6.45, 7) is 4.34. The first-order valence-electron chi connectivity index (χ1n) is 9.34. The first-order valence-corrected chi connectivity index (χ1v) is 10.5. The highest BCUT2D eigenvalue weighted by atomic mass is 79.9. The monoisotopic (exact) mass is 472 g/mol. The summed E-state index contributed by atoms with van der Waals surface area (Å²) in [5.74, 6) is 1.83. The normalized spacial score (nSPS) is 15.3. The first-order chi connectivity index (χ1) is 14.2. The van der Waals surface area contributed by atoms with Crippen LogP contribution in [-0.4, -0.2) is 50.9 Å². The molecular formula is C20H18BrClN6O. The van der Waals surface area contributed by atoms with Crippen LogP contribution in [0.1, 0.15) is 5.76 Å². The fraction of sp³-hybridized carbons (Fsp3) is 0.250. The van der Waals surface area contributed by atoms with Crippen molar-refractivity contribution in [3.63, 3.8) is 0 Å². The maximum atomic E-state index is 6.05. The van der Waals surface area contributed by atoms with Gasteiger partial charge in [-0.25, -0.2) is 9.97 Å². The van der Waals surface area contributed by atoms with Gasteiger partial charge in [0.2, 0.25) is 0 Å². The third kappa shape index (κ3) is 3.75. The molecule has 4 aromatic rings. The van der Waals surface area contributed by atoms with E-state index in [9.17, 15) is 0 Å². The number of rotatable bonds is 4. The number of benzene rings is 1. The lowest BCUT2D eigenvalue weighted by molar-refractivity contribution is 0.214. The van der Waals surface area contributed by atoms with E-state index < -0.39 is 0 Å². The van der Waals surface area contributed by atoms with Crippen molar-refractivity contribution in [2.75, 3.05) is 31.2 Å². The highest BCUT2D eigenvalue weighted by Crippen LogP contribution is 2.25. The molecule has 1 aliphatic heterocycles. The second kappa shape index (κ2) is 7.78. The molecule has 148 valence electrons. The van der Waals surface area contributed by atoms with Crippen molar-refractivity contribution in [2.45, 2.75) is 6.54 Å². The van der Waals surface area contributed by atoms with Gasteiger partial charge in [0, 0.05) is 43.0 Å². The van der Waals surface area contributed by atoms with Gasteiger partial charge < -0.3 is 4.42 Å². The van der Waals surface area contributed by atoms with Gasteiger partial charge in [-0.15, -0.1) is 5.10 Å².